The largest absolute Gasteiger partial charge is 0.392 e. The van der Waals surface area contributed by atoms with Crippen molar-refractivity contribution in [2.24, 2.45) is 0 Å². The van der Waals surface area contributed by atoms with Gasteiger partial charge in [-0.1, -0.05) is 26.2 Å². The molecule has 6 nitrogen and oxygen atoms in total. The first kappa shape index (κ1) is 15.4. The summed E-state index contributed by atoms with van der Waals surface area (Å²) in [5.41, 5.74) is 0. The zero-order valence-electron chi connectivity index (χ0n) is 12.7. The maximum atomic E-state index is 9.75. The number of aryl methyl sites for hydroxylation is 1. The zero-order valence-corrected chi connectivity index (χ0v) is 12.7. The van der Waals surface area contributed by atoms with Gasteiger partial charge >= 0.3 is 0 Å². The summed E-state index contributed by atoms with van der Waals surface area (Å²) in [7, 11) is 0. The van der Waals surface area contributed by atoms with Crippen LogP contribution in [0.4, 0.5) is 0 Å². The fraction of sp³-hybridized carbons (Fsp3) is 0.929. The molecule has 0 spiro atoms. The van der Waals surface area contributed by atoms with Gasteiger partial charge in [-0.2, -0.15) is 0 Å². The monoisotopic (exact) mass is 281 g/mol. The van der Waals surface area contributed by atoms with Gasteiger partial charge in [-0.15, -0.1) is 5.10 Å². The number of nitrogens with zero attached hydrogens (tertiary/aromatic N) is 5. The fourth-order valence-electron chi connectivity index (χ4n) is 3.03. The van der Waals surface area contributed by atoms with E-state index in [1.165, 1.54) is 32.1 Å². The molecule has 0 aliphatic heterocycles. The number of aliphatic hydroxyl groups is 1. The van der Waals surface area contributed by atoms with E-state index in [-0.39, 0.29) is 6.10 Å². The zero-order chi connectivity index (χ0) is 14.4. The van der Waals surface area contributed by atoms with E-state index in [0.29, 0.717) is 12.6 Å². The SMILES string of the molecule is CCCn1nnnc1CN(CC(C)O)C1CCCCC1. The van der Waals surface area contributed by atoms with E-state index in [9.17, 15) is 5.11 Å². The minimum absolute atomic E-state index is 0.313. The number of hydrogen-bond acceptors (Lipinski definition) is 5. The van der Waals surface area contributed by atoms with Gasteiger partial charge in [-0.05, 0) is 36.6 Å². The van der Waals surface area contributed by atoms with Gasteiger partial charge in [-0.25, -0.2) is 4.68 Å². The maximum absolute atomic E-state index is 9.75. The van der Waals surface area contributed by atoms with E-state index in [1.54, 1.807) is 0 Å². The molecule has 1 aromatic rings. The third-order valence-electron chi connectivity index (χ3n) is 3.98. The molecule has 1 unspecified atom stereocenters. The van der Waals surface area contributed by atoms with Gasteiger partial charge < -0.3 is 5.11 Å². The molecule has 0 saturated heterocycles. The van der Waals surface area contributed by atoms with Crippen molar-refractivity contribution >= 4 is 0 Å². The number of aromatic nitrogens is 4. The highest BCUT2D eigenvalue weighted by Gasteiger charge is 2.24. The first-order valence-electron chi connectivity index (χ1n) is 7.88. The molecule has 1 aromatic heterocycles. The predicted molar refractivity (Wildman–Crippen MR) is 77.1 cm³/mol. The molecule has 1 aliphatic carbocycles. The highest BCUT2D eigenvalue weighted by atomic mass is 16.3. The van der Waals surface area contributed by atoms with Crippen molar-refractivity contribution in [1.29, 1.82) is 0 Å². The maximum Gasteiger partial charge on any atom is 0.165 e. The van der Waals surface area contributed by atoms with Crippen LogP contribution in [0.2, 0.25) is 0 Å². The van der Waals surface area contributed by atoms with Crippen LogP contribution in [-0.2, 0) is 13.1 Å². The molecule has 1 atom stereocenters. The molecular weight excluding hydrogens is 254 g/mol. The number of aliphatic hydroxyl groups excluding tert-OH is 1. The molecule has 1 saturated carbocycles. The second-order valence-corrected chi connectivity index (χ2v) is 5.89. The van der Waals surface area contributed by atoms with Crippen LogP contribution in [0.15, 0.2) is 0 Å². The summed E-state index contributed by atoms with van der Waals surface area (Å²) in [6.45, 7) is 6.27. The summed E-state index contributed by atoms with van der Waals surface area (Å²) < 4.78 is 1.89. The van der Waals surface area contributed by atoms with Gasteiger partial charge in [0.25, 0.3) is 0 Å². The van der Waals surface area contributed by atoms with E-state index in [1.807, 2.05) is 11.6 Å². The average molecular weight is 281 g/mol. The van der Waals surface area contributed by atoms with Gasteiger partial charge in [-0.3, -0.25) is 4.90 Å². The number of rotatable bonds is 7. The summed E-state index contributed by atoms with van der Waals surface area (Å²) >= 11 is 0. The van der Waals surface area contributed by atoms with Gasteiger partial charge in [0.05, 0.1) is 12.6 Å². The Morgan fingerprint density at radius 1 is 1.35 bits per heavy atom. The van der Waals surface area contributed by atoms with Crippen LogP contribution in [0.5, 0.6) is 0 Å². The molecule has 1 heterocycles. The van der Waals surface area contributed by atoms with Crippen molar-refractivity contribution in [3.05, 3.63) is 5.82 Å². The molecule has 6 heteroatoms. The molecule has 1 aliphatic rings. The molecule has 0 aromatic carbocycles. The Hall–Kier alpha value is -1.01. The first-order valence-corrected chi connectivity index (χ1v) is 7.88. The van der Waals surface area contributed by atoms with E-state index in [0.717, 1.165) is 25.3 Å². The highest BCUT2D eigenvalue weighted by Crippen LogP contribution is 2.23. The molecule has 1 N–H and O–H groups in total. The predicted octanol–water partition coefficient (Wildman–Crippen LogP) is 1.60. The van der Waals surface area contributed by atoms with Crippen LogP contribution < -0.4 is 0 Å². The third-order valence-corrected chi connectivity index (χ3v) is 3.98. The highest BCUT2D eigenvalue weighted by molar-refractivity contribution is 4.85. The van der Waals surface area contributed by atoms with Crippen molar-refractivity contribution < 1.29 is 5.11 Å². The summed E-state index contributed by atoms with van der Waals surface area (Å²) in [5.74, 6) is 0.915. The van der Waals surface area contributed by atoms with Gasteiger partial charge in [0, 0.05) is 19.1 Å². The van der Waals surface area contributed by atoms with E-state index in [4.69, 9.17) is 0 Å². The quantitative estimate of drug-likeness (QED) is 0.822. The molecule has 1 fully saturated rings. The van der Waals surface area contributed by atoms with Crippen LogP contribution in [0.1, 0.15) is 58.2 Å². The molecule has 20 heavy (non-hydrogen) atoms. The topological polar surface area (TPSA) is 67.1 Å². The van der Waals surface area contributed by atoms with Crippen molar-refractivity contribution in [3.8, 4) is 0 Å². The number of tetrazole rings is 1. The summed E-state index contributed by atoms with van der Waals surface area (Å²) in [6, 6.07) is 0.560. The fourth-order valence-corrected chi connectivity index (χ4v) is 3.03. The van der Waals surface area contributed by atoms with Gasteiger partial charge in [0.1, 0.15) is 0 Å². The molecule has 0 amide bonds. The lowest BCUT2D eigenvalue weighted by Gasteiger charge is -2.34. The first-order chi connectivity index (χ1) is 9.70. The second kappa shape index (κ2) is 7.69. The lowest BCUT2D eigenvalue weighted by molar-refractivity contribution is 0.0738. The average Bonchev–Trinajstić information content (AvgIpc) is 2.86. The van der Waals surface area contributed by atoms with Crippen LogP contribution in [0.25, 0.3) is 0 Å². The Morgan fingerprint density at radius 3 is 2.75 bits per heavy atom. The smallest absolute Gasteiger partial charge is 0.165 e. The van der Waals surface area contributed by atoms with E-state index < -0.39 is 0 Å². The van der Waals surface area contributed by atoms with Crippen LogP contribution in [-0.4, -0.2) is 48.9 Å². The van der Waals surface area contributed by atoms with Gasteiger partial charge in [0.15, 0.2) is 5.82 Å². The number of hydrogen-bond donors (Lipinski definition) is 1. The van der Waals surface area contributed by atoms with Crippen molar-refractivity contribution in [2.45, 2.75) is 77.6 Å². The molecule has 114 valence electrons. The second-order valence-electron chi connectivity index (χ2n) is 5.89. The Labute approximate surface area is 121 Å². The minimum atomic E-state index is -0.313. The molecule has 0 radical (unpaired) electrons. The minimum Gasteiger partial charge on any atom is -0.392 e. The summed E-state index contributed by atoms with van der Waals surface area (Å²) in [5, 5.41) is 21.8. The normalized spacial score (nSPS) is 18.6. The molecule has 0 bridgehead atoms. The Kier molecular flexibility index (Phi) is 5.91. The van der Waals surface area contributed by atoms with E-state index >= 15 is 0 Å². The summed E-state index contributed by atoms with van der Waals surface area (Å²) in [6.07, 6.45) is 7.09. The van der Waals surface area contributed by atoms with E-state index in [2.05, 4.69) is 27.3 Å². The van der Waals surface area contributed by atoms with Gasteiger partial charge in [0.2, 0.25) is 0 Å². The van der Waals surface area contributed by atoms with Crippen LogP contribution in [0, 0.1) is 0 Å². The standard InChI is InChI=1S/C14H27N5O/c1-3-9-19-14(15-16-17-19)11-18(10-12(2)20)13-7-5-4-6-8-13/h12-13,20H,3-11H2,1-2H3. The third kappa shape index (κ3) is 4.24. The Balaban J connectivity index is 2.03. The van der Waals surface area contributed by atoms with Crippen LogP contribution in [0.3, 0.4) is 0 Å². The molecular formula is C14H27N5O. The van der Waals surface area contributed by atoms with Crippen molar-refractivity contribution in [3.63, 3.8) is 0 Å². The van der Waals surface area contributed by atoms with Crippen molar-refractivity contribution in [2.75, 3.05) is 6.54 Å². The summed E-state index contributed by atoms with van der Waals surface area (Å²) in [4.78, 5) is 2.36. The lowest BCUT2D eigenvalue weighted by Crippen LogP contribution is -2.41. The van der Waals surface area contributed by atoms with Crippen molar-refractivity contribution in [1.82, 2.24) is 25.1 Å². The van der Waals surface area contributed by atoms with Crippen LogP contribution >= 0.6 is 0 Å². The Morgan fingerprint density at radius 2 is 2.10 bits per heavy atom. The lowest BCUT2D eigenvalue weighted by atomic mass is 9.94. The Bertz CT molecular complexity index is 387. The molecule has 2 rings (SSSR count).